The molecule has 3 fully saturated rings. The second kappa shape index (κ2) is 11.0. The summed E-state index contributed by atoms with van der Waals surface area (Å²) in [6.45, 7) is 5.90. The third-order valence-electron chi connectivity index (χ3n) is 8.30. The minimum absolute atomic E-state index is 0.0242. The molecule has 0 spiro atoms. The largest absolute Gasteiger partial charge is 0.408 e. The van der Waals surface area contributed by atoms with Gasteiger partial charge in [-0.05, 0) is 44.6 Å². The second-order valence-electron chi connectivity index (χ2n) is 11.5. The number of hydrogen-bond acceptors (Lipinski definition) is 9. The van der Waals surface area contributed by atoms with E-state index in [4.69, 9.17) is 0 Å². The summed E-state index contributed by atoms with van der Waals surface area (Å²) < 4.78 is 42.8. The van der Waals surface area contributed by atoms with Gasteiger partial charge in [-0.1, -0.05) is 0 Å². The Labute approximate surface area is 249 Å². The van der Waals surface area contributed by atoms with Crippen molar-refractivity contribution in [1.82, 2.24) is 39.2 Å². The number of hydrogen-bond donors (Lipinski definition) is 1. The number of carbonyl (C=O) groups is 1. The van der Waals surface area contributed by atoms with Crippen LogP contribution in [0.3, 0.4) is 0 Å². The van der Waals surface area contributed by atoms with Gasteiger partial charge in [0.2, 0.25) is 0 Å². The molecule has 0 bridgehead atoms. The van der Waals surface area contributed by atoms with E-state index in [-0.39, 0.29) is 22.3 Å². The van der Waals surface area contributed by atoms with E-state index in [1.165, 1.54) is 19.4 Å². The molecule has 226 valence electrons. The summed E-state index contributed by atoms with van der Waals surface area (Å²) in [5, 5.41) is 12.0. The lowest BCUT2D eigenvalue weighted by Crippen LogP contribution is -2.47. The highest BCUT2D eigenvalue weighted by Crippen LogP contribution is 2.40. The van der Waals surface area contributed by atoms with Gasteiger partial charge >= 0.3 is 6.18 Å². The van der Waals surface area contributed by atoms with Gasteiger partial charge in [-0.2, -0.15) is 13.2 Å². The second-order valence-corrected chi connectivity index (χ2v) is 12.4. The average Bonchev–Trinajstić information content (AvgIpc) is 3.84. The molecule has 4 aromatic rings. The molecule has 1 aliphatic heterocycles. The molecule has 7 rings (SSSR count). The number of amides is 1. The highest BCUT2D eigenvalue weighted by molar-refractivity contribution is 7.13. The van der Waals surface area contributed by atoms with Crippen LogP contribution in [0.5, 0.6) is 0 Å². The van der Waals surface area contributed by atoms with Crippen LogP contribution >= 0.6 is 11.3 Å². The van der Waals surface area contributed by atoms with Crippen molar-refractivity contribution in [2.24, 2.45) is 5.92 Å². The highest BCUT2D eigenvalue weighted by Gasteiger charge is 2.39. The lowest BCUT2D eigenvalue weighted by atomic mass is 10.2. The number of carbonyl (C=O) groups excluding carboxylic acids is 1. The van der Waals surface area contributed by atoms with Crippen LogP contribution in [0.25, 0.3) is 16.5 Å². The van der Waals surface area contributed by atoms with Crippen LogP contribution in [0.2, 0.25) is 0 Å². The summed E-state index contributed by atoms with van der Waals surface area (Å²) >= 11 is 1.07. The van der Waals surface area contributed by atoms with Crippen molar-refractivity contribution >= 4 is 28.7 Å². The van der Waals surface area contributed by atoms with Crippen molar-refractivity contribution in [2.75, 3.05) is 42.9 Å². The lowest BCUT2D eigenvalue weighted by molar-refractivity contribution is -0.162. The normalized spacial score (nSPS) is 18.7. The summed E-state index contributed by atoms with van der Waals surface area (Å²) in [5.41, 5.74) is 3.00. The van der Waals surface area contributed by atoms with Crippen LogP contribution in [0.4, 0.5) is 24.7 Å². The zero-order valence-electron chi connectivity index (χ0n) is 23.5. The number of anilines is 2. The number of halogens is 3. The molecule has 2 saturated carbocycles. The highest BCUT2D eigenvalue weighted by atomic mass is 32.1. The van der Waals surface area contributed by atoms with Gasteiger partial charge in [-0.3, -0.25) is 14.3 Å². The van der Waals surface area contributed by atoms with Crippen LogP contribution in [0.15, 0.2) is 36.5 Å². The fraction of sp³-hybridized carbons (Fsp3) is 0.500. The quantitative estimate of drug-likeness (QED) is 0.288. The molecule has 2 aliphatic carbocycles. The van der Waals surface area contributed by atoms with Gasteiger partial charge in [-0.25, -0.2) is 15.0 Å². The maximum absolute atomic E-state index is 13.3. The Morgan fingerprint density at radius 3 is 2.60 bits per heavy atom. The fourth-order valence-corrected chi connectivity index (χ4v) is 6.10. The van der Waals surface area contributed by atoms with Crippen molar-refractivity contribution in [1.29, 1.82) is 0 Å². The van der Waals surface area contributed by atoms with E-state index >= 15 is 0 Å². The van der Waals surface area contributed by atoms with Crippen molar-refractivity contribution in [3.8, 4) is 16.5 Å². The Morgan fingerprint density at radius 2 is 1.88 bits per heavy atom. The molecule has 0 radical (unpaired) electrons. The van der Waals surface area contributed by atoms with Gasteiger partial charge in [0.05, 0.1) is 29.6 Å². The Balaban J connectivity index is 1.11. The van der Waals surface area contributed by atoms with Crippen molar-refractivity contribution in [2.45, 2.75) is 50.7 Å². The van der Waals surface area contributed by atoms with Crippen molar-refractivity contribution in [3.63, 3.8) is 0 Å². The van der Waals surface area contributed by atoms with E-state index in [1.807, 2.05) is 10.8 Å². The number of nitrogens with zero attached hydrogens (tertiary/aromatic N) is 9. The molecule has 1 atom stereocenters. The first-order valence-corrected chi connectivity index (χ1v) is 15.4. The maximum Gasteiger partial charge on any atom is 0.408 e. The first-order valence-electron chi connectivity index (χ1n) is 14.5. The van der Waals surface area contributed by atoms with E-state index < -0.39 is 18.1 Å². The third-order valence-corrected chi connectivity index (χ3v) is 9.14. The summed E-state index contributed by atoms with van der Waals surface area (Å²) in [6.07, 6.45) is 7.07. The molecule has 5 heterocycles. The predicted octanol–water partition coefficient (Wildman–Crippen LogP) is 4.77. The fourth-order valence-electron chi connectivity index (χ4n) is 5.36. The summed E-state index contributed by atoms with van der Waals surface area (Å²) in [4.78, 5) is 31.6. The smallest absolute Gasteiger partial charge is 0.366 e. The van der Waals surface area contributed by atoms with Gasteiger partial charge in [0.1, 0.15) is 23.9 Å². The Morgan fingerprint density at radius 1 is 1.09 bits per heavy atom. The number of rotatable bonds is 9. The van der Waals surface area contributed by atoms with Gasteiger partial charge in [0, 0.05) is 50.2 Å². The van der Waals surface area contributed by atoms with E-state index in [9.17, 15) is 18.0 Å². The molecule has 1 N–H and O–H groups in total. The van der Waals surface area contributed by atoms with Gasteiger partial charge < -0.3 is 14.8 Å². The monoisotopic (exact) mass is 612 g/mol. The maximum atomic E-state index is 13.3. The minimum Gasteiger partial charge on any atom is -0.366 e. The number of pyridine rings is 1. The van der Waals surface area contributed by atoms with Crippen LogP contribution < -0.4 is 10.2 Å². The predicted molar refractivity (Wildman–Crippen MR) is 155 cm³/mol. The Kier molecular flexibility index (Phi) is 7.16. The minimum atomic E-state index is -4.47. The van der Waals surface area contributed by atoms with Crippen LogP contribution in [0.1, 0.15) is 60.7 Å². The molecule has 1 unspecified atom stereocenters. The topological polar surface area (TPSA) is 110 Å². The zero-order chi connectivity index (χ0) is 29.7. The molecule has 15 heteroatoms. The van der Waals surface area contributed by atoms with E-state index in [0.717, 1.165) is 91.2 Å². The first-order chi connectivity index (χ1) is 20.7. The molecule has 1 amide bonds. The summed E-state index contributed by atoms with van der Waals surface area (Å²) in [7, 11) is 0. The lowest BCUT2D eigenvalue weighted by Gasteiger charge is -2.36. The van der Waals surface area contributed by atoms with E-state index in [1.54, 1.807) is 24.0 Å². The number of nitrogens with one attached hydrogen (secondary N) is 1. The standard InChI is InChI=1S/C28H31F3N10OS/c1-17(28(29,30)31)41-16-34-37-25(41)27-36-24(14-43-27)35-26(42)20-10-22(40-13-21(33-15-40)19-4-5-19)23(11-32-20)39-8-6-38(7-9-39)12-18-2-3-18/h10-11,13-19H,2-9,12H2,1H3,(H,35,42). The van der Waals surface area contributed by atoms with E-state index in [2.05, 4.69) is 40.3 Å². The number of alkyl halides is 3. The molecule has 3 aliphatic rings. The third kappa shape index (κ3) is 6.00. The van der Waals surface area contributed by atoms with Crippen molar-refractivity contribution < 1.29 is 18.0 Å². The van der Waals surface area contributed by atoms with Crippen molar-refractivity contribution in [3.05, 3.63) is 47.9 Å². The number of thiazole rings is 1. The van der Waals surface area contributed by atoms with Gasteiger partial charge in [0.15, 0.2) is 10.8 Å². The molecule has 0 aromatic carbocycles. The summed E-state index contributed by atoms with van der Waals surface area (Å²) in [6, 6.07) is -0.0699. The molecular formula is C28H31F3N10OS. The first kappa shape index (κ1) is 28.0. The average molecular weight is 613 g/mol. The summed E-state index contributed by atoms with van der Waals surface area (Å²) in [5.74, 6) is 1.03. The molecule has 43 heavy (non-hydrogen) atoms. The molecule has 11 nitrogen and oxygen atoms in total. The molecule has 4 aromatic heterocycles. The van der Waals surface area contributed by atoms with E-state index in [0.29, 0.717) is 5.92 Å². The Bertz CT molecular complexity index is 1610. The number of imidazole rings is 1. The SMILES string of the molecule is CC(n1cnnc1-c1nc(NC(=O)c2cc(-n3cnc(C4CC4)c3)c(N3CCN(CC4CC4)CC3)cn2)cs1)C(F)(F)F. The van der Waals surface area contributed by atoms with Gasteiger partial charge in [0.25, 0.3) is 5.91 Å². The van der Waals surface area contributed by atoms with Crippen LogP contribution in [0, 0.1) is 5.92 Å². The van der Waals surface area contributed by atoms with Crippen LogP contribution in [-0.4, -0.2) is 84.0 Å². The zero-order valence-corrected chi connectivity index (χ0v) is 24.4. The number of piperazine rings is 1. The molecule has 1 saturated heterocycles. The van der Waals surface area contributed by atoms with Crippen LogP contribution in [-0.2, 0) is 0 Å². The Hall–Kier alpha value is -3.85. The molecular weight excluding hydrogens is 581 g/mol. The number of aromatic nitrogens is 7. The van der Waals surface area contributed by atoms with Gasteiger partial charge in [-0.15, -0.1) is 21.5 Å².